The quantitative estimate of drug-likeness (QED) is 0.831. The lowest BCUT2D eigenvalue weighted by atomic mass is 9.85. The Labute approximate surface area is 121 Å². The summed E-state index contributed by atoms with van der Waals surface area (Å²) >= 11 is 0. The highest BCUT2D eigenvalue weighted by Crippen LogP contribution is 2.27. The molecule has 0 spiro atoms. The summed E-state index contributed by atoms with van der Waals surface area (Å²) in [6, 6.07) is 0. The van der Waals surface area contributed by atoms with Gasteiger partial charge in [-0.2, -0.15) is 0 Å². The standard InChI is InChI=1S/C16H25NO3/c1-10-9-17-12(11(2)14(10)19-6)8-13(18)15(20-7)16(3,4)5/h9,15H,8H2,1-7H3. The number of hydrogen-bond acceptors (Lipinski definition) is 4. The number of pyridine rings is 1. The molecule has 1 heterocycles. The average molecular weight is 279 g/mol. The van der Waals surface area contributed by atoms with Crippen LogP contribution in [0.2, 0.25) is 0 Å². The van der Waals surface area contributed by atoms with Crippen LogP contribution in [0, 0.1) is 19.3 Å². The minimum absolute atomic E-state index is 0.0431. The number of methoxy groups -OCH3 is 2. The van der Waals surface area contributed by atoms with Crippen LogP contribution in [0.3, 0.4) is 0 Å². The van der Waals surface area contributed by atoms with Crippen LogP contribution in [-0.4, -0.2) is 31.1 Å². The Morgan fingerprint density at radius 3 is 2.35 bits per heavy atom. The van der Waals surface area contributed by atoms with Crippen LogP contribution >= 0.6 is 0 Å². The van der Waals surface area contributed by atoms with Crippen molar-refractivity contribution in [3.63, 3.8) is 0 Å². The highest BCUT2D eigenvalue weighted by molar-refractivity contribution is 5.86. The first kappa shape index (κ1) is 16.6. The van der Waals surface area contributed by atoms with E-state index >= 15 is 0 Å². The maximum Gasteiger partial charge on any atom is 0.168 e. The number of rotatable bonds is 5. The van der Waals surface area contributed by atoms with E-state index in [9.17, 15) is 4.79 Å². The van der Waals surface area contributed by atoms with Gasteiger partial charge in [0, 0.05) is 24.4 Å². The Bertz CT molecular complexity index is 489. The summed E-state index contributed by atoms with van der Waals surface area (Å²) < 4.78 is 10.7. The van der Waals surface area contributed by atoms with E-state index in [1.807, 2.05) is 34.6 Å². The van der Waals surface area contributed by atoms with E-state index in [0.717, 1.165) is 22.6 Å². The number of ether oxygens (including phenoxy) is 2. The zero-order valence-corrected chi connectivity index (χ0v) is 13.5. The summed E-state index contributed by atoms with van der Waals surface area (Å²) in [5, 5.41) is 0. The van der Waals surface area contributed by atoms with Gasteiger partial charge in [-0.1, -0.05) is 20.8 Å². The lowest BCUT2D eigenvalue weighted by Gasteiger charge is -2.28. The van der Waals surface area contributed by atoms with E-state index < -0.39 is 6.10 Å². The molecule has 0 saturated heterocycles. The van der Waals surface area contributed by atoms with Gasteiger partial charge in [-0.25, -0.2) is 0 Å². The molecule has 0 aliphatic rings. The number of aryl methyl sites for hydroxylation is 1. The first-order valence-electron chi connectivity index (χ1n) is 6.77. The molecule has 1 unspecified atom stereocenters. The third kappa shape index (κ3) is 3.57. The summed E-state index contributed by atoms with van der Waals surface area (Å²) in [5.74, 6) is 0.842. The van der Waals surface area contributed by atoms with Crippen molar-refractivity contribution < 1.29 is 14.3 Å². The van der Waals surface area contributed by atoms with Gasteiger partial charge in [-0.3, -0.25) is 9.78 Å². The maximum atomic E-state index is 12.4. The van der Waals surface area contributed by atoms with E-state index in [1.54, 1.807) is 20.4 Å². The monoisotopic (exact) mass is 279 g/mol. The predicted octanol–water partition coefficient (Wildman–Crippen LogP) is 2.88. The fourth-order valence-corrected chi connectivity index (χ4v) is 2.47. The molecule has 0 aromatic carbocycles. The van der Waals surface area contributed by atoms with Gasteiger partial charge in [0.2, 0.25) is 0 Å². The molecular formula is C16H25NO3. The Balaban J connectivity index is 3.02. The van der Waals surface area contributed by atoms with Crippen molar-refractivity contribution in [2.24, 2.45) is 5.41 Å². The van der Waals surface area contributed by atoms with Crippen molar-refractivity contribution in [1.29, 1.82) is 0 Å². The largest absolute Gasteiger partial charge is 0.496 e. The van der Waals surface area contributed by atoms with E-state index in [1.165, 1.54) is 0 Å². The normalized spacial score (nSPS) is 13.2. The van der Waals surface area contributed by atoms with Crippen molar-refractivity contribution in [3.05, 3.63) is 23.0 Å². The molecule has 112 valence electrons. The number of Topliss-reactive ketones (excluding diaryl/α,β-unsaturated/α-hetero) is 1. The second-order valence-corrected chi connectivity index (χ2v) is 6.17. The van der Waals surface area contributed by atoms with Crippen LogP contribution < -0.4 is 4.74 Å². The van der Waals surface area contributed by atoms with E-state index in [-0.39, 0.29) is 17.6 Å². The highest BCUT2D eigenvalue weighted by atomic mass is 16.5. The number of hydrogen-bond donors (Lipinski definition) is 0. The minimum Gasteiger partial charge on any atom is -0.496 e. The fourth-order valence-electron chi connectivity index (χ4n) is 2.47. The number of carbonyl (C=O) groups excluding carboxylic acids is 1. The molecule has 0 N–H and O–H groups in total. The van der Waals surface area contributed by atoms with Gasteiger partial charge < -0.3 is 9.47 Å². The van der Waals surface area contributed by atoms with Crippen molar-refractivity contribution in [1.82, 2.24) is 4.98 Å². The molecule has 1 rings (SSSR count). The first-order valence-corrected chi connectivity index (χ1v) is 6.77. The smallest absolute Gasteiger partial charge is 0.168 e. The number of ketones is 1. The number of nitrogens with zero attached hydrogens (tertiary/aromatic N) is 1. The topological polar surface area (TPSA) is 48.4 Å². The summed E-state index contributed by atoms with van der Waals surface area (Å²) in [6.45, 7) is 9.86. The maximum absolute atomic E-state index is 12.4. The molecule has 0 radical (unpaired) electrons. The van der Waals surface area contributed by atoms with Gasteiger partial charge in [-0.05, 0) is 19.3 Å². The van der Waals surface area contributed by atoms with Crippen LogP contribution in [0.4, 0.5) is 0 Å². The molecule has 0 fully saturated rings. The molecule has 4 heteroatoms. The highest BCUT2D eigenvalue weighted by Gasteiger charge is 2.31. The fraction of sp³-hybridized carbons (Fsp3) is 0.625. The number of carbonyl (C=O) groups is 1. The van der Waals surface area contributed by atoms with Gasteiger partial charge in [-0.15, -0.1) is 0 Å². The SMILES string of the molecule is COc1c(C)cnc(CC(=O)C(OC)C(C)(C)C)c1C. The summed E-state index contributed by atoms with van der Waals surface area (Å²) in [4.78, 5) is 16.8. The third-order valence-electron chi connectivity index (χ3n) is 3.41. The van der Waals surface area contributed by atoms with Gasteiger partial charge in [0.15, 0.2) is 5.78 Å². The lowest BCUT2D eigenvalue weighted by molar-refractivity contribution is -0.134. The molecule has 0 aliphatic carbocycles. The molecule has 0 aliphatic heterocycles. The molecule has 1 aromatic heterocycles. The summed E-state index contributed by atoms with van der Waals surface area (Å²) in [7, 11) is 3.21. The zero-order chi connectivity index (χ0) is 15.5. The van der Waals surface area contributed by atoms with Crippen molar-refractivity contribution in [3.8, 4) is 5.75 Å². The zero-order valence-electron chi connectivity index (χ0n) is 13.5. The van der Waals surface area contributed by atoms with Gasteiger partial charge >= 0.3 is 0 Å². The van der Waals surface area contributed by atoms with Crippen LogP contribution in [0.5, 0.6) is 5.75 Å². The van der Waals surface area contributed by atoms with Crippen LogP contribution in [0.1, 0.15) is 37.6 Å². The average Bonchev–Trinajstić information content (AvgIpc) is 2.32. The predicted molar refractivity (Wildman–Crippen MR) is 79.2 cm³/mol. The molecular weight excluding hydrogens is 254 g/mol. The Morgan fingerprint density at radius 1 is 1.30 bits per heavy atom. The molecule has 0 saturated carbocycles. The molecule has 1 aromatic rings. The van der Waals surface area contributed by atoms with Crippen LogP contribution in [0.25, 0.3) is 0 Å². The second kappa shape index (κ2) is 6.35. The van der Waals surface area contributed by atoms with Gasteiger partial charge in [0.1, 0.15) is 11.9 Å². The van der Waals surface area contributed by atoms with Crippen LogP contribution in [0.15, 0.2) is 6.20 Å². The molecule has 0 amide bonds. The molecule has 4 nitrogen and oxygen atoms in total. The Morgan fingerprint density at radius 2 is 1.90 bits per heavy atom. The van der Waals surface area contributed by atoms with Gasteiger partial charge in [0.25, 0.3) is 0 Å². The second-order valence-electron chi connectivity index (χ2n) is 6.17. The minimum atomic E-state index is -0.434. The summed E-state index contributed by atoms with van der Waals surface area (Å²) in [6.07, 6.45) is 1.57. The Hall–Kier alpha value is -1.42. The first-order chi connectivity index (χ1) is 9.22. The lowest BCUT2D eigenvalue weighted by Crippen LogP contribution is -2.37. The summed E-state index contributed by atoms with van der Waals surface area (Å²) in [5.41, 5.74) is 2.42. The van der Waals surface area contributed by atoms with Crippen molar-refractivity contribution in [2.75, 3.05) is 14.2 Å². The number of aromatic nitrogens is 1. The van der Waals surface area contributed by atoms with Crippen LogP contribution in [-0.2, 0) is 16.0 Å². The van der Waals surface area contributed by atoms with Crippen molar-refractivity contribution in [2.45, 2.75) is 47.1 Å². The van der Waals surface area contributed by atoms with E-state index in [0.29, 0.717) is 0 Å². The molecule has 20 heavy (non-hydrogen) atoms. The van der Waals surface area contributed by atoms with E-state index in [4.69, 9.17) is 9.47 Å². The van der Waals surface area contributed by atoms with E-state index in [2.05, 4.69) is 4.98 Å². The Kier molecular flexibility index (Phi) is 5.28. The third-order valence-corrected chi connectivity index (χ3v) is 3.41. The van der Waals surface area contributed by atoms with Crippen molar-refractivity contribution >= 4 is 5.78 Å². The van der Waals surface area contributed by atoms with Gasteiger partial charge in [0.05, 0.1) is 19.2 Å². The molecule has 0 bridgehead atoms. The molecule has 1 atom stereocenters.